The zero-order chi connectivity index (χ0) is 19.2. The second-order valence-corrected chi connectivity index (χ2v) is 6.92. The predicted molar refractivity (Wildman–Crippen MR) is 108 cm³/mol. The van der Waals surface area contributed by atoms with E-state index in [0.717, 1.165) is 55.5 Å². The van der Waals surface area contributed by atoms with Crippen molar-refractivity contribution in [2.75, 3.05) is 45.7 Å². The second kappa shape index (κ2) is 9.01. The summed E-state index contributed by atoms with van der Waals surface area (Å²) < 4.78 is 23.8. The summed E-state index contributed by atoms with van der Waals surface area (Å²) in [5.41, 5.74) is 1.95. The molecule has 1 saturated heterocycles. The van der Waals surface area contributed by atoms with Gasteiger partial charge >= 0.3 is 0 Å². The van der Waals surface area contributed by atoms with E-state index in [4.69, 9.17) is 21.7 Å². The lowest BCUT2D eigenvalue weighted by molar-refractivity contribution is -0.917. The van der Waals surface area contributed by atoms with Crippen LogP contribution in [-0.2, 0) is 6.54 Å². The van der Waals surface area contributed by atoms with Crippen LogP contribution in [0.1, 0.15) is 5.56 Å². The molecule has 0 unspecified atom stereocenters. The Kier molecular flexibility index (Phi) is 6.47. The molecule has 1 aliphatic rings. The van der Waals surface area contributed by atoms with E-state index >= 15 is 0 Å². The molecule has 0 amide bonds. The van der Waals surface area contributed by atoms with E-state index in [0.29, 0.717) is 5.11 Å². The first-order valence-electron chi connectivity index (χ1n) is 8.95. The smallest absolute Gasteiger partial charge is 0.173 e. The van der Waals surface area contributed by atoms with Crippen LogP contribution in [0.2, 0.25) is 0 Å². The zero-order valence-electron chi connectivity index (χ0n) is 15.6. The van der Waals surface area contributed by atoms with E-state index in [9.17, 15) is 4.39 Å². The molecule has 0 aliphatic carbocycles. The molecule has 1 fully saturated rings. The number of methoxy groups -OCH3 is 2. The van der Waals surface area contributed by atoms with Crippen molar-refractivity contribution in [2.45, 2.75) is 6.54 Å². The molecule has 144 valence electrons. The van der Waals surface area contributed by atoms with Crippen molar-refractivity contribution in [3.63, 3.8) is 0 Å². The Balaban J connectivity index is 1.54. The number of rotatable bonds is 5. The number of hydrogen-bond acceptors (Lipinski definition) is 3. The highest BCUT2D eigenvalue weighted by Crippen LogP contribution is 2.23. The van der Waals surface area contributed by atoms with Gasteiger partial charge in [-0.1, -0.05) is 0 Å². The number of thiocarbonyl (C=S) groups is 1. The van der Waals surface area contributed by atoms with Gasteiger partial charge in [-0.3, -0.25) is 0 Å². The van der Waals surface area contributed by atoms with Gasteiger partial charge in [0.1, 0.15) is 23.9 Å². The quantitative estimate of drug-likeness (QED) is 0.764. The summed E-state index contributed by atoms with van der Waals surface area (Å²) in [4.78, 5) is 3.63. The third-order valence-electron chi connectivity index (χ3n) is 4.78. The van der Waals surface area contributed by atoms with E-state index in [2.05, 4.69) is 10.2 Å². The molecule has 0 aromatic heterocycles. The Morgan fingerprint density at radius 2 is 1.81 bits per heavy atom. The molecule has 3 rings (SSSR count). The molecular formula is C20H25FN3O2S+. The lowest BCUT2D eigenvalue weighted by Gasteiger charge is -2.34. The third kappa shape index (κ3) is 5.08. The number of nitrogens with one attached hydrogen (secondary N) is 2. The van der Waals surface area contributed by atoms with Gasteiger partial charge in [-0.25, -0.2) is 4.39 Å². The topological polar surface area (TPSA) is 38.2 Å². The summed E-state index contributed by atoms with van der Waals surface area (Å²) in [5.74, 6) is 1.48. The highest BCUT2D eigenvalue weighted by Gasteiger charge is 2.23. The minimum absolute atomic E-state index is 0.253. The van der Waals surface area contributed by atoms with E-state index in [-0.39, 0.29) is 5.82 Å². The predicted octanol–water partition coefficient (Wildman–Crippen LogP) is 1.94. The minimum Gasteiger partial charge on any atom is -0.497 e. The minimum atomic E-state index is -0.253. The molecular weight excluding hydrogens is 365 g/mol. The molecule has 0 bridgehead atoms. The molecule has 0 spiro atoms. The highest BCUT2D eigenvalue weighted by atomic mass is 32.1. The van der Waals surface area contributed by atoms with Crippen molar-refractivity contribution in [2.24, 2.45) is 0 Å². The van der Waals surface area contributed by atoms with Crippen LogP contribution in [0.4, 0.5) is 10.1 Å². The van der Waals surface area contributed by atoms with Gasteiger partial charge in [0.15, 0.2) is 5.11 Å². The molecule has 2 aromatic rings. The van der Waals surface area contributed by atoms with Crippen molar-refractivity contribution in [1.29, 1.82) is 0 Å². The number of hydrogen-bond donors (Lipinski definition) is 2. The second-order valence-electron chi connectivity index (χ2n) is 6.53. The van der Waals surface area contributed by atoms with Crippen molar-refractivity contribution < 1.29 is 18.8 Å². The zero-order valence-corrected chi connectivity index (χ0v) is 16.4. The maximum absolute atomic E-state index is 13.0. The highest BCUT2D eigenvalue weighted by molar-refractivity contribution is 7.80. The number of nitrogens with zero attached hydrogens (tertiary/aromatic N) is 1. The lowest BCUT2D eigenvalue weighted by Crippen LogP contribution is -3.13. The van der Waals surface area contributed by atoms with Gasteiger partial charge in [0.2, 0.25) is 0 Å². The number of halogens is 1. The van der Waals surface area contributed by atoms with Crippen LogP contribution in [0.25, 0.3) is 0 Å². The van der Waals surface area contributed by atoms with Crippen LogP contribution < -0.4 is 19.7 Å². The first-order valence-corrected chi connectivity index (χ1v) is 9.36. The molecule has 1 heterocycles. The Bertz CT molecular complexity index is 777. The molecule has 27 heavy (non-hydrogen) atoms. The maximum atomic E-state index is 13.0. The van der Waals surface area contributed by atoms with Gasteiger partial charge in [-0.05, 0) is 54.7 Å². The molecule has 0 radical (unpaired) electrons. The summed E-state index contributed by atoms with van der Waals surface area (Å²) in [6.45, 7) is 4.58. The van der Waals surface area contributed by atoms with Gasteiger partial charge in [0.05, 0.1) is 46.0 Å². The third-order valence-corrected chi connectivity index (χ3v) is 5.14. The first-order chi connectivity index (χ1) is 13.1. The van der Waals surface area contributed by atoms with Crippen LogP contribution in [-0.4, -0.2) is 50.4 Å². The first kappa shape index (κ1) is 19.4. The summed E-state index contributed by atoms with van der Waals surface area (Å²) in [6, 6.07) is 12.1. The van der Waals surface area contributed by atoms with Crippen molar-refractivity contribution >= 4 is 23.0 Å². The molecule has 2 N–H and O–H groups in total. The number of ether oxygens (including phenoxy) is 2. The average molecular weight is 391 g/mol. The van der Waals surface area contributed by atoms with Crippen molar-refractivity contribution in [3.8, 4) is 11.5 Å². The fourth-order valence-corrected chi connectivity index (χ4v) is 3.53. The van der Waals surface area contributed by atoms with Gasteiger partial charge in [0, 0.05) is 5.69 Å². The fourth-order valence-electron chi connectivity index (χ4n) is 3.23. The van der Waals surface area contributed by atoms with Crippen molar-refractivity contribution in [1.82, 2.24) is 4.90 Å². The molecule has 7 heteroatoms. The van der Waals surface area contributed by atoms with Crippen LogP contribution >= 0.6 is 12.2 Å². The number of anilines is 1. The van der Waals surface area contributed by atoms with Crippen LogP contribution in [0.3, 0.4) is 0 Å². The normalized spacial score (nSPS) is 14.7. The van der Waals surface area contributed by atoms with Gasteiger partial charge < -0.3 is 24.6 Å². The average Bonchev–Trinajstić information content (AvgIpc) is 2.70. The molecule has 0 atom stereocenters. The van der Waals surface area contributed by atoms with E-state index in [1.165, 1.54) is 17.0 Å². The summed E-state index contributed by atoms with van der Waals surface area (Å²) in [5, 5.41) is 3.86. The Hall–Kier alpha value is -2.38. The monoisotopic (exact) mass is 390 g/mol. The number of piperazine rings is 1. The molecule has 2 aromatic carbocycles. The number of benzene rings is 2. The summed E-state index contributed by atoms with van der Waals surface area (Å²) >= 11 is 5.50. The number of quaternary nitrogens is 1. The van der Waals surface area contributed by atoms with Gasteiger partial charge in [-0.15, -0.1) is 0 Å². The van der Waals surface area contributed by atoms with Gasteiger partial charge in [0.25, 0.3) is 0 Å². The Morgan fingerprint density at radius 3 is 2.44 bits per heavy atom. The largest absolute Gasteiger partial charge is 0.497 e. The maximum Gasteiger partial charge on any atom is 0.173 e. The van der Waals surface area contributed by atoms with Crippen molar-refractivity contribution in [3.05, 3.63) is 53.8 Å². The Labute approximate surface area is 164 Å². The van der Waals surface area contributed by atoms with E-state index in [1.807, 2.05) is 18.2 Å². The molecule has 0 saturated carbocycles. The van der Waals surface area contributed by atoms with Crippen LogP contribution in [0.15, 0.2) is 42.5 Å². The summed E-state index contributed by atoms with van der Waals surface area (Å²) in [7, 11) is 3.37. The van der Waals surface area contributed by atoms with Crippen LogP contribution in [0, 0.1) is 5.82 Å². The van der Waals surface area contributed by atoms with Crippen LogP contribution in [0.5, 0.6) is 11.5 Å². The molecule has 5 nitrogen and oxygen atoms in total. The molecule has 1 aliphatic heterocycles. The lowest BCUT2D eigenvalue weighted by atomic mass is 10.1. The van der Waals surface area contributed by atoms with Gasteiger partial charge in [-0.2, -0.15) is 0 Å². The standard InChI is InChI=1S/C20H24FN3O2S/c1-25-18-7-8-19(26-2)15(13-18)14-23-9-11-24(12-10-23)20(27)22-17-5-3-16(21)4-6-17/h3-8,13H,9-12,14H2,1-2H3,(H,22,27)/p+1. The SMILES string of the molecule is COc1ccc(OC)c(C[NH+]2CCN(C(=S)Nc3ccc(F)cc3)CC2)c1. The van der Waals surface area contributed by atoms with E-state index < -0.39 is 0 Å². The Morgan fingerprint density at radius 1 is 1.11 bits per heavy atom. The van der Waals surface area contributed by atoms with E-state index in [1.54, 1.807) is 26.4 Å². The fraction of sp³-hybridized carbons (Fsp3) is 0.350. The summed E-state index contributed by atoms with van der Waals surface area (Å²) in [6.07, 6.45) is 0.